The highest BCUT2D eigenvalue weighted by atomic mass is 32.2. The molecule has 1 aromatic carbocycles. The van der Waals surface area contributed by atoms with Crippen LogP contribution in [0.4, 0.5) is 0 Å². The van der Waals surface area contributed by atoms with Crippen molar-refractivity contribution in [2.45, 2.75) is 25.3 Å². The van der Waals surface area contributed by atoms with E-state index in [1.54, 1.807) is 26.0 Å². The van der Waals surface area contributed by atoms with Gasteiger partial charge in [-0.25, -0.2) is 4.68 Å². The summed E-state index contributed by atoms with van der Waals surface area (Å²) in [6.45, 7) is 3.67. The van der Waals surface area contributed by atoms with E-state index >= 15 is 0 Å². The molecule has 0 amide bonds. The molecule has 0 saturated heterocycles. The first-order valence-electron chi connectivity index (χ1n) is 6.46. The molecule has 0 aliphatic carbocycles. The Morgan fingerprint density at radius 3 is 2.57 bits per heavy atom. The van der Waals surface area contributed by atoms with Crippen molar-refractivity contribution >= 4 is 10.8 Å². The van der Waals surface area contributed by atoms with Gasteiger partial charge in [0, 0.05) is 10.6 Å². The minimum atomic E-state index is -1.20. The van der Waals surface area contributed by atoms with Gasteiger partial charge in [-0.1, -0.05) is 18.2 Å². The summed E-state index contributed by atoms with van der Waals surface area (Å²) in [5, 5.41) is 13.2. The van der Waals surface area contributed by atoms with E-state index in [-0.39, 0.29) is 17.9 Å². The van der Waals surface area contributed by atoms with Crippen LogP contribution in [0.2, 0.25) is 0 Å². The smallest absolute Gasteiger partial charge is 0.266 e. The molecule has 0 spiro atoms. The lowest BCUT2D eigenvalue weighted by molar-refractivity contribution is 0.598. The van der Waals surface area contributed by atoms with Gasteiger partial charge >= 0.3 is 0 Å². The SMILES string of the molecule is Cc1nn(CC[S@](=O)c2ccccc2)c(=O)c(C#N)c1C. The number of nitrogens with zero attached hydrogens (tertiary/aromatic N) is 3. The minimum Gasteiger partial charge on any atom is -0.266 e. The number of hydrogen-bond donors (Lipinski definition) is 0. The lowest BCUT2D eigenvalue weighted by Gasteiger charge is -2.08. The summed E-state index contributed by atoms with van der Waals surface area (Å²) in [5.74, 6) is 0.282. The average Bonchev–Trinajstić information content (AvgIpc) is 2.51. The van der Waals surface area contributed by atoms with Gasteiger partial charge in [-0.15, -0.1) is 0 Å². The number of benzene rings is 1. The van der Waals surface area contributed by atoms with Crippen molar-refractivity contribution in [1.29, 1.82) is 5.26 Å². The lowest BCUT2D eigenvalue weighted by Crippen LogP contribution is -2.29. The molecule has 0 saturated carbocycles. The number of hydrogen-bond acceptors (Lipinski definition) is 4. The molecular formula is C15H15N3O2S. The Morgan fingerprint density at radius 2 is 1.95 bits per heavy atom. The summed E-state index contributed by atoms with van der Waals surface area (Å²) in [6.07, 6.45) is 0. The predicted molar refractivity (Wildman–Crippen MR) is 80.4 cm³/mol. The van der Waals surface area contributed by atoms with Gasteiger partial charge in [-0.3, -0.25) is 9.00 Å². The molecule has 2 aromatic rings. The molecule has 0 radical (unpaired) electrons. The van der Waals surface area contributed by atoms with E-state index in [9.17, 15) is 9.00 Å². The van der Waals surface area contributed by atoms with Crippen molar-refractivity contribution in [3.05, 3.63) is 57.5 Å². The Labute approximate surface area is 125 Å². The van der Waals surface area contributed by atoms with Crippen LogP contribution in [0.15, 0.2) is 40.0 Å². The molecule has 0 aliphatic rings. The Bertz CT molecular complexity index is 776. The first-order chi connectivity index (χ1) is 10.0. The zero-order chi connectivity index (χ0) is 15.4. The topological polar surface area (TPSA) is 75.8 Å². The zero-order valence-corrected chi connectivity index (χ0v) is 12.7. The van der Waals surface area contributed by atoms with Crippen LogP contribution in [0.3, 0.4) is 0 Å². The molecule has 108 valence electrons. The fourth-order valence-electron chi connectivity index (χ4n) is 1.91. The Kier molecular flexibility index (Phi) is 4.66. The van der Waals surface area contributed by atoms with Gasteiger partial charge in [-0.05, 0) is 31.5 Å². The van der Waals surface area contributed by atoms with Crippen LogP contribution in [0.1, 0.15) is 16.8 Å². The van der Waals surface area contributed by atoms with E-state index in [1.165, 1.54) is 4.68 Å². The molecule has 21 heavy (non-hydrogen) atoms. The summed E-state index contributed by atoms with van der Waals surface area (Å²) in [6, 6.07) is 11.0. The van der Waals surface area contributed by atoms with Gasteiger partial charge in [0.25, 0.3) is 5.56 Å². The molecule has 6 heteroatoms. The maximum Gasteiger partial charge on any atom is 0.284 e. The number of aromatic nitrogens is 2. The molecule has 0 N–H and O–H groups in total. The Hall–Kier alpha value is -2.26. The van der Waals surface area contributed by atoms with Crippen molar-refractivity contribution in [1.82, 2.24) is 9.78 Å². The second-order valence-corrected chi connectivity index (χ2v) is 6.16. The Balaban J connectivity index is 2.22. The summed E-state index contributed by atoms with van der Waals surface area (Å²) < 4.78 is 13.4. The fourth-order valence-corrected chi connectivity index (χ4v) is 2.95. The monoisotopic (exact) mass is 301 g/mol. The summed E-state index contributed by atoms with van der Waals surface area (Å²) >= 11 is 0. The van der Waals surface area contributed by atoms with Crippen molar-refractivity contribution < 1.29 is 4.21 Å². The maximum atomic E-state index is 12.1. The van der Waals surface area contributed by atoms with Gasteiger partial charge in [-0.2, -0.15) is 10.4 Å². The van der Waals surface area contributed by atoms with Crippen molar-refractivity contribution in [3.8, 4) is 6.07 Å². The highest BCUT2D eigenvalue weighted by Crippen LogP contribution is 2.07. The highest BCUT2D eigenvalue weighted by molar-refractivity contribution is 7.85. The van der Waals surface area contributed by atoms with Crippen LogP contribution < -0.4 is 5.56 Å². The molecule has 2 rings (SSSR count). The van der Waals surface area contributed by atoms with E-state index in [0.29, 0.717) is 11.3 Å². The molecule has 1 heterocycles. The lowest BCUT2D eigenvalue weighted by atomic mass is 10.1. The molecule has 5 nitrogen and oxygen atoms in total. The maximum absolute atomic E-state index is 12.1. The normalized spacial score (nSPS) is 11.9. The van der Waals surface area contributed by atoms with E-state index < -0.39 is 16.4 Å². The van der Waals surface area contributed by atoms with Crippen LogP contribution in [-0.4, -0.2) is 19.7 Å². The third kappa shape index (κ3) is 3.26. The summed E-state index contributed by atoms with van der Waals surface area (Å²) in [7, 11) is -1.20. The van der Waals surface area contributed by atoms with Crippen molar-refractivity contribution in [2.75, 3.05) is 5.75 Å². The number of nitriles is 1. The average molecular weight is 301 g/mol. The van der Waals surface area contributed by atoms with E-state index in [4.69, 9.17) is 5.26 Å². The van der Waals surface area contributed by atoms with Crippen LogP contribution in [0.25, 0.3) is 0 Å². The first kappa shape index (κ1) is 15.1. The van der Waals surface area contributed by atoms with Crippen LogP contribution in [0, 0.1) is 25.2 Å². The minimum absolute atomic E-state index is 0.105. The third-order valence-corrected chi connectivity index (χ3v) is 4.59. The van der Waals surface area contributed by atoms with E-state index in [2.05, 4.69) is 5.10 Å². The molecule has 0 unspecified atom stereocenters. The fraction of sp³-hybridized carbons (Fsp3) is 0.267. The molecule has 0 fully saturated rings. The summed E-state index contributed by atoms with van der Waals surface area (Å²) in [4.78, 5) is 12.8. The standard InChI is InChI=1S/C15H15N3O2S/c1-11-12(2)17-18(15(19)14(11)10-16)8-9-21(20)13-6-4-3-5-7-13/h3-7H,8-9H2,1-2H3/t21-/m0/s1. The number of rotatable bonds is 4. The Morgan fingerprint density at radius 1 is 1.29 bits per heavy atom. The molecule has 1 aromatic heterocycles. The zero-order valence-electron chi connectivity index (χ0n) is 11.9. The van der Waals surface area contributed by atoms with Gasteiger partial charge in [0.1, 0.15) is 11.6 Å². The molecule has 1 atom stereocenters. The largest absolute Gasteiger partial charge is 0.284 e. The second-order valence-electron chi connectivity index (χ2n) is 4.59. The van der Waals surface area contributed by atoms with Crippen LogP contribution in [-0.2, 0) is 17.3 Å². The first-order valence-corrected chi connectivity index (χ1v) is 7.78. The van der Waals surface area contributed by atoms with Gasteiger partial charge < -0.3 is 0 Å². The number of aryl methyl sites for hydroxylation is 2. The highest BCUT2D eigenvalue weighted by Gasteiger charge is 2.12. The third-order valence-electron chi connectivity index (χ3n) is 3.24. The quantitative estimate of drug-likeness (QED) is 0.858. The van der Waals surface area contributed by atoms with E-state index in [1.807, 2.05) is 24.3 Å². The van der Waals surface area contributed by atoms with Crippen LogP contribution >= 0.6 is 0 Å². The van der Waals surface area contributed by atoms with Crippen molar-refractivity contribution in [2.24, 2.45) is 0 Å². The van der Waals surface area contributed by atoms with E-state index in [0.717, 1.165) is 4.90 Å². The van der Waals surface area contributed by atoms with Gasteiger partial charge in [0.05, 0.1) is 23.0 Å². The predicted octanol–water partition coefficient (Wildman–Crippen LogP) is 1.54. The molecular weight excluding hydrogens is 286 g/mol. The van der Waals surface area contributed by atoms with Crippen LogP contribution in [0.5, 0.6) is 0 Å². The molecule has 0 aliphatic heterocycles. The summed E-state index contributed by atoms with van der Waals surface area (Å²) in [5.41, 5.74) is 0.915. The molecule has 0 bridgehead atoms. The van der Waals surface area contributed by atoms with Gasteiger partial charge in [0.2, 0.25) is 0 Å². The van der Waals surface area contributed by atoms with Gasteiger partial charge in [0.15, 0.2) is 0 Å². The second kappa shape index (κ2) is 6.46. The van der Waals surface area contributed by atoms with Crippen molar-refractivity contribution in [3.63, 3.8) is 0 Å².